The molecule has 1 aromatic carbocycles. The van der Waals surface area contributed by atoms with Gasteiger partial charge >= 0.3 is 5.97 Å². The monoisotopic (exact) mass is 257 g/mol. The van der Waals surface area contributed by atoms with E-state index in [1.54, 1.807) is 0 Å². The van der Waals surface area contributed by atoms with Crippen molar-refractivity contribution in [2.75, 3.05) is 7.11 Å². The van der Waals surface area contributed by atoms with E-state index >= 15 is 0 Å². The van der Waals surface area contributed by atoms with Crippen molar-refractivity contribution in [2.24, 2.45) is 0 Å². The van der Waals surface area contributed by atoms with Crippen LogP contribution in [0.1, 0.15) is 35.8 Å². The summed E-state index contributed by atoms with van der Waals surface area (Å²) in [6.07, 6.45) is 3.85. The Morgan fingerprint density at radius 3 is 2.32 bits per heavy atom. The van der Waals surface area contributed by atoms with Crippen LogP contribution in [0.4, 0.5) is 0 Å². The standard InChI is InChI=1S/C16H19NO2/c1-11(2)17-9-14(15(10-17)16(18)19-4)13-7-5-12(3)6-8-13/h5-11H,1-4H3. The lowest BCUT2D eigenvalue weighted by Gasteiger charge is -2.05. The maximum Gasteiger partial charge on any atom is 0.340 e. The Morgan fingerprint density at radius 1 is 1.16 bits per heavy atom. The first-order chi connectivity index (χ1) is 9.02. The number of carbonyl (C=O) groups is 1. The van der Waals surface area contributed by atoms with Crippen LogP contribution in [0.25, 0.3) is 11.1 Å². The minimum absolute atomic E-state index is 0.296. The maximum absolute atomic E-state index is 11.9. The number of hydrogen-bond donors (Lipinski definition) is 0. The third kappa shape index (κ3) is 2.70. The van der Waals surface area contributed by atoms with Gasteiger partial charge in [0.2, 0.25) is 0 Å². The summed E-state index contributed by atoms with van der Waals surface area (Å²) in [6.45, 7) is 6.21. The van der Waals surface area contributed by atoms with E-state index in [4.69, 9.17) is 4.74 Å². The summed E-state index contributed by atoms with van der Waals surface area (Å²) >= 11 is 0. The smallest absolute Gasteiger partial charge is 0.340 e. The molecule has 0 aliphatic rings. The molecule has 3 nitrogen and oxygen atoms in total. The minimum atomic E-state index is -0.296. The number of esters is 1. The van der Waals surface area contributed by atoms with Crippen LogP contribution in [0.5, 0.6) is 0 Å². The van der Waals surface area contributed by atoms with Crippen LogP contribution < -0.4 is 0 Å². The summed E-state index contributed by atoms with van der Waals surface area (Å²) in [6, 6.07) is 8.46. The number of hydrogen-bond acceptors (Lipinski definition) is 2. The second-order valence-corrected chi connectivity index (χ2v) is 4.98. The van der Waals surface area contributed by atoms with Gasteiger partial charge in [-0.3, -0.25) is 0 Å². The van der Waals surface area contributed by atoms with Crippen molar-refractivity contribution >= 4 is 5.97 Å². The van der Waals surface area contributed by atoms with Crippen LogP contribution >= 0.6 is 0 Å². The number of aryl methyl sites for hydroxylation is 1. The molecule has 0 aliphatic heterocycles. The predicted octanol–water partition coefficient (Wildman–Crippen LogP) is 3.83. The summed E-state index contributed by atoms with van der Waals surface area (Å²) in [5.41, 5.74) is 3.76. The number of aromatic nitrogens is 1. The molecule has 19 heavy (non-hydrogen) atoms. The molecule has 0 bridgehead atoms. The molecule has 2 rings (SSSR count). The molecule has 0 unspecified atom stereocenters. The van der Waals surface area contributed by atoms with E-state index in [1.165, 1.54) is 12.7 Å². The van der Waals surface area contributed by atoms with Crippen molar-refractivity contribution in [3.63, 3.8) is 0 Å². The zero-order valence-corrected chi connectivity index (χ0v) is 11.8. The molecule has 0 saturated carbocycles. The Kier molecular flexibility index (Phi) is 3.74. The van der Waals surface area contributed by atoms with Gasteiger partial charge in [-0.2, -0.15) is 0 Å². The van der Waals surface area contributed by atoms with E-state index in [0.29, 0.717) is 11.6 Å². The van der Waals surface area contributed by atoms with Gasteiger partial charge in [-0.1, -0.05) is 29.8 Å². The van der Waals surface area contributed by atoms with E-state index in [0.717, 1.165) is 11.1 Å². The first-order valence-corrected chi connectivity index (χ1v) is 6.39. The Balaban J connectivity index is 2.54. The largest absolute Gasteiger partial charge is 0.465 e. The van der Waals surface area contributed by atoms with Crippen molar-refractivity contribution in [1.82, 2.24) is 4.57 Å². The predicted molar refractivity (Wildman–Crippen MR) is 76.3 cm³/mol. The number of rotatable bonds is 3. The summed E-state index contributed by atoms with van der Waals surface area (Å²) in [4.78, 5) is 11.9. The SMILES string of the molecule is COC(=O)c1cn(C(C)C)cc1-c1ccc(C)cc1. The molecule has 3 heteroatoms. The first kappa shape index (κ1) is 13.4. The molecular formula is C16H19NO2. The van der Waals surface area contributed by atoms with Crippen molar-refractivity contribution in [1.29, 1.82) is 0 Å². The van der Waals surface area contributed by atoms with Gasteiger partial charge in [0.25, 0.3) is 0 Å². The highest BCUT2D eigenvalue weighted by molar-refractivity contribution is 5.97. The highest BCUT2D eigenvalue weighted by atomic mass is 16.5. The van der Waals surface area contributed by atoms with Crippen LogP contribution in [-0.4, -0.2) is 17.6 Å². The van der Waals surface area contributed by atoms with Gasteiger partial charge in [-0.25, -0.2) is 4.79 Å². The third-order valence-corrected chi connectivity index (χ3v) is 3.21. The fourth-order valence-electron chi connectivity index (χ4n) is 2.01. The average molecular weight is 257 g/mol. The molecule has 0 fully saturated rings. The van der Waals surface area contributed by atoms with Crippen LogP contribution in [-0.2, 0) is 4.74 Å². The number of ether oxygens (including phenoxy) is 1. The Labute approximate surface area is 113 Å². The average Bonchev–Trinajstić information content (AvgIpc) is 2.84. The van der Waals surface area contributed by atoms with Crippen LogP contribution in [0.3, 0.4) is 0 Å². The summed E-state index contributed by atoms with van der Waals surface area (Å²) in [5, 5.41) is 0. The van der Waals surface area contributed by atoms with Crippen molar-refractivity contribution < 1.29 is 9.53 Å². The molecule has 0 saturated heterocycles. The lowest BCUT2D eigenvalue weighted by Crippen LogP contribution is -2.02. The zero-order chi connectivity index (χ0) is 14.0. The van der Waals surface area contributed by atoms with Crippen LogP contribution in [0, 0.1) is 6.92 Å². The molecule has 100 valence electrons. The van der Waals surface area contributed by atoms with Crippen LogP contribution in [0.15, 0.2) is 36.7 Å². The van der Waals surface area contributed by atoms with Gasteiger partial charge in [-0.05, 0) is 26.3 Å². The van der Waals surface area contributed by atoms with E-state index in [2.05, 4.69) is 13.8 Å². The molecule has 0 amide bonds. The molecule has 0 N–H and O–H groups in total. The fourth-order valence-corrected chi connectivity index (χ4v) is 2.01. The van der Waals surface area contributed by atoms with E-state index in [-0.39, 0.29) is 5.97 Å². The quantitative estimate of drug-likeness (QED) is 0.782. The van der Waals surface area contributed by atoms with Crippen molar-refractivity contribution in [3.05, 3.63) is 47.8 Å². The number of benzene rings is 1. The lowest BCUT2D eigenvalue weighted by molar-refractivity contribution is 0.0601. The molecule has 2 aromatic rings. The van der Waals surface area contributed by atoms with Gasteiger partial charge in [-0.15, -0.1) is 0 Å². The third-order valence-electron chi connectivity index (χ3n) is 3.21. The highest BCUT2D eigenvalue weighted by Gasteiger charge is 2.17. The molecule has 0 atom stereocenters. The highest BCUT2D eigenvalue weighted by Crippen LogP contribution is 2.27. The molecule has 1 heterocycles. The van der Waals surface area contributed by atoms with Gasteiger partial charge in [0, 0.05) is 24.0 Å². The van der Waals surface area contributed by atoms with Crippen molar-refractivity contribution in [3.8, 4) is 11.1 Å². The van der Waals surface area contributed by atoms with Gasteiger partial charge in [0.05, 0.1) is 12.7 Å². The molecule has 0 radical (unpaired) electrons. The number of nitrogens with zero attached hydrogens (tertiary/aromatic N) is 1. The second kappa shape index (κ2) is 5.31. The summed E-state index contributed by atoms with van der Waals surface area (Å²) in [5.74, 6) is -0.296. The minimum Gasteiger partial charge on any atom is -0.465 e. The van der Waals surface area contributed by atoms with E-state index in [9.17, 15) is 4.79 Å². The Morgan fingerprint density at radius 2 is 1.79 bits per heavy atom. The Bertz CT molecular complexity index is 579. The Hall–Kier alpha value is -2.03. The molecular weight excluding hydrogens is 238 g/mol. The van der Waals surface area contributed by atoms with Gasteiger partial charge in [0.1, 0.15) is 0 Å². The van der Waals surface area contributed by atoms with Crippen molar-refractivity contribution in [2.45, 2.75) is 26.8 Å². The molecule has 0 spiro atoms. The topological polar surface area (TPSA) is 31.2 Å². The lowest BCUT2D eigenvalue weighted by atomic mass is 10.0. The first-order valence-electron chi connectivity index (χ1n) is 6.39. The van der Waals surface area contributed by atoms with Gasteiger partial charge < -0.3 is 9.30 Å². The fraction of sp³-hybridized carbons (Fsp3) is 0.312. The number of methoxy groups -OCH3 is 1. The second-order valence-electron chi connectivity index (χ2n) is 4.98. The zero-order valence-electron chi connectivity index (χ0n) is 11.8. The van der Waals surface area contributed by atoms with E-state index in [1.807, 2.05) is 48.1 Å². The molecule has 1 aromatic heterocycles. The maximum atomic E-state index is 11.9. The van der Waals surface area contributed by atoms with E-state index < -0.39 is 0 Å². The number of carbonyl (C=O) groups excluding carboxylic acids is 1. The summed E-state index contributed by atoms with van der Waals surface area (Å²) in [7, 11) is 1.41. The summed E-state index contributed by atoms with van der Waals surface area (Å²) < 4.78 is 6.89. The van der Waals surface area contributed by atoms with Crippen LogP contribution in [0.2, 0.25) is 0 Å². The normalized spacial score (nSPS) is 10.8. The van der Waals surface area contributed by atoms with Gasteiger partial charge in [0.15, 0.2) is 0 Å². The molecule has 0 aliphatic carbocycles.